The van der Waals surface area contributed by atoms with Crippen LogP contribution in [0.3, 0.4) is 0 Å². The fraction of sp³-hybridized carbons (Fsp3) is 0.571. The van der Waals surface area contributed by atoms with Gasteiger partial charge in [0.2, 0.25) is 0 Å². The highest BCUT2D eigenvalue weighted by molar-refractivity contribution is 5.38. The highest BCUT2D eigenvalue weighted by atomic mass is 16.5. The van der Waals surface area contributed by atoms with Crippen LogP contribution in [-0.2, 0) is 24.1 Å². The second-order valence-electron chi connectivity index (χ2n) is 7.41. The second kappa shape index (κ2) is 7.80. The van der Waals surface area contributed by atoms with Crippen molar-refractivity contribution >= 4 is 0 Å². The molecule has 1 fully saturated rings. The summed E-state index contributed by atoms with van der Waals surface area (Å²) in [5.74, 6) is 0.954. The van der Waals surface area contributed by atoms with E-state index in [9.17, 15) is 0 Å². The molecule has 1 saturated heterocycles. The van der Waals surface area contributed by atoms with E-state index in [4.69, 9.17) is 9.47 Å². The first kappa shape index (κ1) is 17.6. The van der Waals surface area contributed by atoms with Crippen LogP contribution in [0.2, 0.25) is 0 Å². The minimum absolute atomic E-state index is 0.107. The molecule has 26 heavy (non-hydrogen) atoms. The monoisotopic (exact) mass is 355 g/mol. The maximum absolute atomic E-state index is 6.15. The minimum atomic E-state index is 0.107. The van der Waals surface area contributed by atoms with Crippen molar-refractivity contribution in [3.63, 3.8) is 0 Å². The lowest BCUT2D eigenvalue weighted by molar-refractivity contribution is -0.0143. The first-order valence-electron chi connectivity index (χ1n) is 9.82. The molecule has 2 aliphatic rings. The summed E-state index contributed by atoms with van der Waals surface area (Å²) < 4.78 is 13.5. The number of methoxy groups -OCH3 is 1. The van der Waals surface area contributed by atoms with Crippen LogP contribution in [-0.4, -0.2) is 35.6 Å². The molecular formula is C21H29N3O2. The van der Waals surface area contributed by atoms with Crippen molar-refractivity contribution in [2.24, 2.45) is 0 Å². The van der Waals surface area contributed by atoms with Crippen LogP contribution in [0.1, 0.15) is 49.0 Å². The minimum Gasteiger partial charge on any atom is -0.497 e. The number of hydrogen-bond acceptors (Lipinski definition) is 4. The molecule has 0 spiro atoms. The van der Waals surface area contributed by atoms with E-state index in [1.807, 2.05) is 10.9 Å². The third-order valence-electron chi connectivity index (χ3n) is 5.72. The van der Waals surface area contributed by atoms with Crippen molar-refractivity contribution in [1.29, 1.82) is 0 Å². The highest BCUT2D eigenvalue weighted by Crippen LogP contribution is 2.31. The van der Waals surface area contributed by atoms with Gasteiger partial charge in [-0.25, -0.2) is 0 Å². The Morgan fingerprint density at radius 1 is 1.31 bits per heavy atom. The SMILES string of the molecule is CCn1cc([C@H]2OCCC[C@@H]2N[C@H]2CCc3ccc(OC)cc3C2)cn1. The molecule has 2 heterocycles. The molecule has 1 aliphatic heterocycles. The molecular weight excluding hydrogens is 326 g/mol. The van der Waals surface area contributed by atoms with E-state index in [0.717, 1.165) is 44.6 Å². The normalized spacial score (nSPS) is 25.7. The van der Waals surface area contributed by atoms with Gasteiger partial charge in [0.15, 0.2) is 0 Å². The average Bonchev–Trinajstić information content (AvgIpc) is 3.17. The molecule has 1 N–H and O–H groups in total. The van der Waals surface area contributed by atoms with Crippen molar-refractivity contribution < 1.29 is 9.47 Å². The van der Waals surface area contributed by atoms with Crippen molar-refractivity contribution in [3.05, 3.63) is 47.3 Å². The van der Waals surface area contributed by atoms with Gasteiger partial charge in [-0.2, -0.15) is 5.10 Å². The number of nitrogens with one attached hydrogen (secondary N) is 1. The number of hydrogen-bond donors (Lipinski definition) is 1. The van der Waals surface area contributed by atoms with Gasteiger partial charge in [-0.3, -0.25) is 4.68 Å². The predicted octanol–water partition coefficient (Wildman–Crippen LogP) is 3.28. The molecule has 140 valence electrons. The Balaban J connectivity index is 1.46. The zero-order chi connectivity index (χ0) is 17.9. The van der Waals surface area contributed by atoms with Gasteiger partial charge < -0.3 is 14.8 Å². The standard InChI is InChI=1S/C21H29N3O2/c1-3-24-14-17(13-22-24)21-20(5-4-10-26-21)23-18-8-6-15-7-9-19(25-2)12-16(15)11-18/h7,9,12-14,18,20-21,23H,3-6,8,10-11H2,1-2H3/t18-,20-,21+/m0/s1. The van der Waals surface area contributed by atoms with Crippen LogP contribution in [0.25, 0.3) is 0 Å². The molecule has 5 heteroatoms. The topological polar surface area (TPSA) is 48.3 Å². The van der Waals surface area contributed by atoms with Gasteiger partial charge in [-0.05, 0) is 62.3 Å². The van der Waals surface area contributed by atoms with E-state index in [-0.39, 0.29) is 6.10 Å². The zero-order valence-corrected chi connectivity index (χ0v) is 15.8. The van der Waals surface area contributed by atoms with Crippen LogP contribution in [0.4, 0.5) is 0 Å². The molecule has 1 aliphatic carbocycles. The third kappa shape index (κ3) is 3.64. The molecule has 2 aromatic rings. The van der Waals surface area contributed by atoms with Gasteiger partial charge >= 0.3 is 0 Å². The van der Waals surface area contributed by atoms with E-state index < -0.39 is 0 Å². The van der Waals surface area contributed by atoms with E-state index in [2.05, 4.69) is 41.7 Å². The largest absolute Gasteiger partial charge is 0.497 e. The fourth-order valence-corrected chi connectivity index (χ4v) is 4.29. The first-order chi connectivity index (χ1) is 12.8. The van der Waals surface area contributed by atoms with Crippen LogP contribution in [0.5, 0.6) is 5.75 Å². The highest BCUT2D eigenvalue weighted by Gasteiger charge is 2.31. The lowest BCUT2D eigenvalue weighted by Gasteiger charge is -2.36. The third-order valence-corrected chi connectivity index (χ3v) is 5.72. The molecule has 3 atom stereocenters. The smallest absolute Gasteiger partial charge is 0.119 e. The van der Waals surface area contributed by atoms with Crippen molar-refractivity contribution in [2.75, 3.05) is 13.7 Å². The fourth-order valence-electron chi connectivity index (χ4n) is 4.29. The summed E-state index contributed by atoms with van der Waals surface area (Å²) in [7, 11) is 1.74. The van der Waals surface area contributed by atoms with Crippen LogP contribution in [0.15, 0.2) is 30.6 Å². The predicted molar refractivity (Wildman–Crippen MR) is 102 cm³/mol. The number of rotatable bonds is 5. The Morgan fingerprint density at radius 3 is 3.04 bits per heavy atom. The summed E-state index contributed by atoms with van der Waals surface area (Å²) >= 11 is 0. The lowest BCUT2D eigenvalue weighted by Crippen LogP contribution is -2.46. The van der Waals surface area contributed by atoms with E-state index in [0.29, 0.717) is 12.1 Å². The Labute approximate surface area is 155 Å². The molecule has 0 radical (unpaired) electrons. The summed E-state index contributed by atoms with van der Waals surface area (Å²) in [5, 5.41) is 8.34. The van der Waals surface area contributed by atoms with Gasteiger partial charge in [-0.1, -0.05) is 6.07 Å². The number of benzene rings is 1. The summed E-state index contributed by atoms with van der Waals surface area (Å²) in [6.45, 7) is 3.85. The number of fused-ring (bicyclic) bond motifs is 1. The molecule has 0 amide bonds. The molecule has 5 nitrogen and oxygen atoms in total. The summed E-state index contributed by atoms with van der Waals surface area (Å²) in [5.41, 5.74) is 4.08. The molecule has 0 unspecified atom stereocenters. The van der Waals surface area contributed by atoms with Crippen molar-refractivity contribution in [3.8, 4) is 5.75 Å². The number of aromatic nitrogens is 2. The first-order valence-corrected chi connectivity index (χ1v) is 9.82. The van der Waals surface area contributed by atoms with Gasteiger partial charge in [0, 0.05) is 37.0 Å². The molecule has 4 rings (SSSR count). The summed E-state index contributed by atoms with van der Waals surface area (Å²) in [6, 6.07) is 7.34. The van der Waals surface area contributed by atoms with Crippen molar-refractivity contribution in [1.82, 2.24) is 15.1 Å². The Bertz CT molecular complexity index is 743. The van der Waals surface area contributed by atoms with Gasteiger partial charge in [-0.15, -0.1) is 0 Å². The van der Waals surface area contributed by atoms with Gasteiger partial charge in [0.25, 0.3) is 0 Å². The summed E-state index contributed by atoms with van der Waals surface area (Å²) in [6.07, 6.45) is 9.84. The second-order valence-corrected chi connectivity index (χ2v) is 7.41. The maximum Gasteiger partial charge on any atom is 0.119 e. The molecule has 0 saturated carbocycles. The number of ether oxygens (including phenoxy) is 2. The Morgan fingerprint density at radius 2 is 2.23 bits per heavy atom. The van der Waals surface area contributed by atoms with Crippen molar-refractivity contribution in [2.45, 2.75) is 63.8 Å². The van der Waals surface area contributed by atoms with Gasteiger partial charge in [0.1, 0.15) is 11.9 Å². The van der Waals surface area contributed by atoms with Crippen LogP contribution < -0.4 is 10.1 Å². The molecule has 0 bridgehead atoms. The van der Waals surface area contributed by atoms with E-state index in [1.54, 1.807) is 7.11 Å². The lowest BCUT2D eigenvalue weighted by atomic mass is 9.86. The molecule has 1 aromatic carbocycles. The number of aryl methyl sites for hydroxylation is 2. The van der Waals surface area contributed by atoms with Crippen LogP contribution in [0, 0.1) is 0 Å². The van der Waals surface area contributed by atoms with Gasteiger partial charge in [0.05, 0.1) is 13.3 Å². The van der Waals surface area contributed by atoms with E-state index in [1.165, 1.54) is 23.1 Å². The molecule has 1 aromatic heterocycles. The zero-order valence-electron chi connectivity index (χ0n) is 15.8. The number of nitrogens with zero attached hydrogens (tertiary/aromatic N) is 2. The van der Waals surface area contributed by atoms with Crippen LogP contribution >= 0.6 is 0 Å². The quantitative estimate of drug-likeness (QED) is 0.894. The summed E-state index contributed by atoms with van der Waals surface area (Å²) in [4.78, 5) is 0. The van der Waals surface area contributed by atoms with E-state index >= 15 is 0 Å². The Kier molecular flexibility index (Phi) is 5.27. The maximum atomic E-state index is 6.15. The average molecular weight is 355 g/mol. The Hall–Kier alpha value is -1.85.